The lowest BCUT2D eigenvalue weighted by Gasteiger charge is -2.37. The van der Waals surface area contributed by atoms with Crippen LogP contribution in [0.4, 0.5) is 0 Å². The van der Waals surface area contributed by atoms with Gasteiger partial charge in [-0.3, -0.25) is 4.79 Å². The Morgan fingerprint density at radius 2 is 1.67 bits per heavy atom. The number of nitrogens with zero attached hydrogens (tertiary/aromatic N) is 2. The van der Waals surface area contributed by atoms with E-state index in [0.29, 0.717) is 10.8 Å². The van der Waals surface area contributed by atoms with Crippen LogP contribution in [0.3, 0.4) is 0 Å². The van der Waals surface area contributed by atoms with E-state index in [1.165, 1.54) is 30.4 Å². The number of pyridine rings is 1. The average molecular weight is 429 g/mol. The molecule has 0 atom stereocenters. The first-order valence-corrected chi connectivity index (χ1v) is 11.0. The smallest absolute Gasteiger partial charge is 0.333 e. The van der Waals surface area contributed by atoms with Crippen LogP contribution < -0.4 is 11.0 Å². The van der Waals surface area contributed by atoms with E-state index in [1.54, 1.807) is 59.1 Å². The van der Waals surface area contributed by atoms with Gasteiger partial charge in [0.15, 0.2) is 0 Å². The summed E-state index contributed by atoms with van der Waals surface area (Å²) in [5.74, 6) is 0. The summed E-state index contributed by atoms with van der Waals surface area (Å²) in [5, 5.41) is 10.8. The molecule has 2 heterocycles. The Balaban J connectivity index is 2.13. The van der Waals surface area contributed by atoms with Crippen LogP contribution in [0.15, 0.2) is 52.4 Å². The summed E-state index contributed by atoms with van der Waals surface area (Å²) < 4.78 is 34.5. The fourth-order valence-corrected chi connectivity index (χ4v) is 4.18. The van der Waals surface area contributed by atoms with Crippen molar-refractivity contribution in [3.8, 4) is 0 Å². The lowest BCUT2D eigenvalue weighted by Crippen LogP contribution is -2.49. The van der Waals surface area contributed by atoms with Crippen molar-refractivity contribution < 1.29 is 18.2 Å². The second kappa shape index (κ2) is 7.41. The molecule has 0 aliphatic rings. The van der Waals surface area contributed by atoms with Crippen molar-refractivity contribution in [1.29, 1.82) is 0 Å². The number of fused-ring (bicyclic) bond motifs is 1. The molecule has 7 nitrogen and oxygen atoms in total. The summed E-state index contributed by atoms with van der Waals surface area (Å²) in [7, 11) is -0.954. The van der Waals surface area contributed by atoms with Gasteiger partial charge in [-0.2, -0.15) is 0 Å². The van der Waals surface area contributed by atoms with Crippen LogP contribution in [0.1, 0.15) is 33.3 Å². The SMILES string of the molecule is Cc1ccc(S(=O)(=O)n2ccc3c([B]OC(C)(C)C(C)(C)O)cn(C)c(=O)c32)cc1. The highest BCUT2D eigenvalue weighted by Gasteiger charge is 2.36. The van der Waals surface area contributed by atoms with Crippen molar-refractivity contribution in [2.45, 2.75) is 50.7 Å². The third-order valence-corrected chi connectivity index (χ3v) is 7.24. The summed E-state index contributed by atoms with van der Waals surface area (Å²) in [6.07, 6.45) is 2.95. The van der Waals surface area contributed by atoms with Crippen LogP contribution in [0, 0.1) is 6.92 Å². The number of benzene rings is 1. The van der Waals surface area contributed by atoms with Gasteiger partial charge in [0.25, 0.3) is 15.6 Å². The highest BCUT2D eigenvalue weighted by molar-refractivity contribution is 7.90. The molecular weight excluding hydrogens is 403 g/mol. The second-order valence-corrected chi connectivity index (χ2v) is 10.3. The average Bonchev–Trinajstić information content (AvgIpc) is 3.09. The summed E-state index contributed by atoms with van der Waals surface area (Å²) in [6, 6.07) is 8.04. The molecule has 1 radical (unpaired) electrons. The van der Waals surface area contributed by atoms with E-state index in [-0.39, 0.29) is 10.4 Å². The maximum atomic E-state index is 13.2. The normalized spacial score (nSPS) is 13.0. The molecule has 0 unspecified atom stereocenters. The fourth-order valence-electron chi connectivity index (χ4n) is 2.83. The predicted octanol–water partition coefficient (Wildman–Crippen LogP) is 1.70. The van der Waals surface area contributed by atoms with Crippen LogP contribution in [0.2, 0.25) is 0 Å². The van der Waals surface area contributed by atoms with Crippen LogP contribution in [-0.4, -0.2) is 40.7 Å². The predicted molar refractivity (Wildman–Crippen MR) is 118 cm³/mol. The third-order valence-electron chi connectivity index (χ3n) is 5.55. The molecule has 9 heteroatoms. The Hall–Kier alpha value is -2.36. The van der Waals surface area contributed by atoms with Crippen molar-refractivity contribution in [2.24, 2.45) is 7.05 Å². The van der Waals surface area contributed by atoms with Gasteiger partial charge in [-0.05, 0) is 58.3 Å². The summed E-state index contributed by atoms with van der Waals surface area (Å²) in [6.45, 7) is 8.64. The van der Waals surface area contributed by atoms with Crippen molar-refractivity contribution in [1.82, 2.24) is 8.54 Å². The van der Waals surface area contributed by atoms with Crippen LogP contribution in [-0.2, 0) is 21.7 Å². The molecular formula is C21H26BN2O5S. The molecule has 3 rings (SSSR count). The Morgan fingerprint density at radius 3 is 2.23 bits per heavy atom. The Bertz CT molecular complexity index is 1250. The quantitative estimate of drug-likeness (QED) is 0.603. The van der Waals surface area contributed by atoms with Gasteiger partial charge >= 0.3 is 7.48 Å². The van der Waals surface area contributed by atoms with Gasteiger partial charge in [-0.1, -0.05) is 17.7 Å². The molecule has 0 fully saturated rings. The molecule has 0 spiro atoms. The zero-order valence-corrected chi connectivity index (χ0v) is 18.8. The van der Waals surface area contributed by atoms with Crippen LogP contribution >= 0.6 is 0 Å². The highest BCUT2D eigenvalue weighted by atomic mass is 32.2. The van der Waals surface area contributed by atoms with Crippen molar-refractivity contribution in [3.05, 3.63) is 58.6 Å². The maximum absolute atomic E-state index is 13.2. The molecule has 0 bridgehead atoms. The fraction of sp³-hybridized carbons (Fsp3) is 0.381. The molecule has 1 aromatic carbocycles. The lowest BCUT2D eigenvalue weighted by atomic mass is 9.82. The molecule has 0 amide bonds. The molecule has 1 N–H and O–H groups in total. The molecule has 0 saturated heterocycles. The minimum atomic E-state index is -3.95. The standard InChI is InChI=1S/C21H26BN2O5S/c1-14-7-9-15(10-8-14)30(27,28)24-12-11-16-17(13-23(6)19(25)18(16)24)22-29-21(4,5)20(2,3)26/h7-13,26H,1-6H3. The molecule has 159 valence electrons. The molecule has 0 aliphatic carbocycles. The number of aromatic nitrogens is 2. The van der Waals surface area contributed by atoms with E-state index in [2.05, 4.69) is 0 Å². The number of aryl methyl sites for hydroxylation is 2. The first kappa shape index (κ1) is 22.3. The minimum Gasteiger partial charge on any atom is -0.427 e. The monoisotopic (exact) mass is 429 g/mol. The number of aliphatic hydroxyl groups is 1. The van der Waals surface area contributed by atoms with Crippen LogP contribution in [0.5, 0.6) is 0 Å². The zero-order chi connectivity index (χ0) is 22.5. The molecule has 30 heavy (non-hydrogen) atoms. The summed E-state index contributed by atoms with van der Waals surface area (Å²) >= 11 is 0. The Kier molecular flexibility index (Phi) is 5.51. The van der Waals surface area contributed by atoms with Crippen LogP contribution in [0.25, 0.3) is 10.9 Å². The van der Waals surface area contributed by atoms with Gasteiger partial charge in [-0.25, -0.2) is 12.4 Å². The van der Waals surface area contributed by atoms with E-state index >= 15 is 0 Å². The van der Waals surface area contributed by atoms with Gasteiger partial charge < -0.3 is 14.3 Å². The molecule has 3 aromatic rings. The zero-order valence-electron chi connectivity index (χ0n) is 18.0. The van der Waals surface area contributed by atoms with Crippen molar-refractivity contribution in [3.63, 3.8) is 0 Å². The maximum Gasteiger partial charge on any atom is 0.333 e. The van der Waals surface area contributed by atoms with Gasteiger partial charge in [0.1, 0.15) is 5.52 Å². The first-order valence-electron chi connectivity index (χ1n) is 9.52. The van der Waals surface area contributed by atoms with E-state index < -0.39 is 26.8 Å². The first-order chi connectivity index (χ1) is 13.8. The lowest BCUT2D eigenvalue weighted by molar-refractivity contribution is -0.0893. The second-order valence-electron chi connectivity index (χ2n) is 8.50. The van der Waals surface area contributed by atoms with Gasteiger partial charge in [0, 0.05) is 24.8 Å². The van der Waals surface area contributed by atoms with Gasteiger partial charge in [0.05, 0.1) is 16.1 Å². The Morgan fingerprint density at radius 1 is 1.07 bits per heavy atom. The van der Waals surface area contributed by atoms with E-state index in [9.17, 15) is 18.3 Å². The topological polar surface area (TPSA) is 90.5 Å². The van der Waals surface area contributed by atoms with E-state index in [0.717, 1.165) is 9.54 Å². The van der Waals surface area contributed by atoms with E-state index in [4.69, 9.17) is 4.65 Å². The largest absolute Gasteiger partial charge is 0.427 e. The van der Waals surface area contributed by atoms with E-state index in [1.807, 2.05) is 6.92 Å². The highest BCUT2D eigenvalue weighted by Crippen LogP contribution is 2.25. The summed E-state index contributed by atoms with van der Waals surface area (Å²) in [5.41, 5.74) is -0.969. The minimum absolute atomic E-state index is 0.0384. The number of hydrogen-bond donors (Lipinski definition) is 1. The van der Waals surface area contributed by atoms with Gasteiger partial charge in [0.2, 0.25) is 0 Å². The summed E-state index contributed by atoms with van der Waals surface area (Å²) in [4.78, 5) is 12.9. The van der Waals surface area contributed by atoms with Crippen molar-refractivity contribution in [2.75, 3.05) is 0 Å². The number of rotatable bonds is 6. The Labute approximate surface area is 177 Å². The molecule has 0 aliphatic heterocycles. The van der Waals surface area contributed by atoms with Crippen molar-refractivity contribution >= 4 is 33.9 Å². The number of hydrogen-bond acceptors (Lipinski definition) is 5. The molecule has 0 saturated carbocycles. The third kappa shape index (κ3) is 3.85. The molecule has 2 aromatic heterocycles. The van der Waals surface area contributed by atoms with Gasteiger partial charge in [-0.15, -0.1) is 0 Å².